The minimum Gasteiger partial charge on any atom is -0.356 e. The number of fused-ring (bicyclic) bond motifs is 1. The summed E-state index contributed by atoms with van der Waals surface area (Å²) < 4.78 is 0. The molecule has 110 valence electrons. The number of carbonyl (C=O) groups is 1. The van der Waals surface area contributed by atoms with Crippen LogP contribution in [0, 0.1) is 23.7 Å². The Bertz CT molecular complexity index is 289. The van der Waals surface area contributed by atoms with Crippen molar-refractivity contribution in [2.45, 2.75) is 71.6 Å². The van der Waals surface area contributed by atoms with Crippen LogP contribution in [-0.2, 0) is 4.79 Å². The Morgan fingerprint density at radius 2 is 2.00 bits per heavy atom. The highest BCUT2D eigenvalue weighted by Gasteiger charge is 2.37. The minimum absolute atomic E-state index is 0.211. The van der Waals surface area contributed by atoms with Gasteiger partial charge in [0, 0.05) is 13.0 Å². The monoisotopic (exact) mass is 265 g/mol. The van der Waals surface area contributed by atoms with Crippen LogP contribution in [0.25, 0.3) is 0 Å². The van der Waals surface area contributed by atoms with E-state index in [0.717, 1.165) is 30.2 Å². The minimum atomic E-state index is 0.211. The van der Waals surface area contributed by atoms with E-state index < -0.39 is 0 Å². The molecule has 2 aliphatic rings. The average Bonchev–Trinajstić information content (AvgIpc) is 2.46. The van der Waals surface area contributed by atoms with Gasteiger partial charge >= 0.3 is 0 Å². The van der Waals surface area contributed by atoms with Gasteiger partial charge in [0.15, 0.2) is 0 Å². The molecule has 2 nitrogen and oxygen atoms in total. The SMILES string of the molecule is CCC(=O)NCCC1CCCC2CCC(CC)CC12. The van der Waals surface area contributed by atoms with Crippen LogP contribution in [0.3, 0.4) is 0 Å². The number of nitrogens with one attached hydrogen (secondary N) is 1. The quantitative estimate of drug-likeness (QED) is 0.795. The smallest absolute Gasteiger partial charge is 0.219 e. The molecule has 0 saturated heterocycles. The number of carbonyl (C=O) groups excluding carboxylic acids is 1. The van der Waals surface area contributed by atoms with Crippen LogP contribution in [0.5, 0.6) is 0 Å². The molecule has 2 aliphatic carbocycles. The Labute approximate surface area is 118 Å². The van der Waals surface area contributed by atoms with E-state index in [2.05, 4.69) is 12.2 Å². The van der Waals surface area contributed by atoms with Crippen molar-refractivity contribution in [3.8, 4) is 0 Å². The molecule has 0 heterocycles. The molecule has 4 unspecified atom stereocenters. The van der Waals surface area contributed by atoms with Crippen LogP contribution in [0.15, 0.2) is 0 Å². The fourth-order valence-corrected chi connectivity index (χ4v) is 4.40. The van der Waals surface area contributed by atoms with E-state index in [9.17, 15) is 4.79 Å². The molecule has 0 aliphatic heterocycles. The molecule has 0 spiro atoms. The van der Waals surface area contributed by atoms with Crippen molar-refractivity contribution in [1.82, 2.24) is 5.32 Å². The van der Waals surface area contributed by atoms with Crippen molar-refractivity contribution < 1.29 is 4.79 Å². The van der Waals surface area contributed by atoms with Gasteiger partial charge in [-0.15, -0.1) is 0 Å². The molecule has 19 heavy (non-hydrogen) atoms. The highest BCUT2D eigenvalue weighted by molar-refractivity contribution is 5.75. The fraction of sp³-hybridized carbons (Fsp3) is 0.941. The molecule has 2 heteroatoms. The van der Waals surface area contributed by atoms with E-state index in [-0.39, 0.29) is 5.91 Å². The van der Waals surface area contributed by atoms with Gasteiger partial charge in [-0.2, -0.15) is 0 Å². The third kappa shape index (κ3) is 3.97. The maximum Gasteiger partial charge on any atom is 0.219 e. The molecule has 2 rings (SSSR count). The van der Waals surface area contributed by atoms with Gasteiger partial charge in [-0.25, -0.2) is 0 Å². The van der Waals surface area contributed by atoms with Crippen LogP contribution >= 0.6 is 0 Å². The molecule has 0 aromatic carbocycles. The zero-order valence-electron chi connectivity index (χ0n) is 12.8. The van der Waals surface area contributed by atoms with Crippen LogP contribution in [-0.4, -0.2) is 12.5 Å². The summed E-state index contributed by atoms with van der Waals surface area (Å²) in [6.45, 7) is 5.18. The van der Waals surface area contributed by atoms with E-state index in [0.29, 0.717) is 6.42 Å². The third-order valence-corrected chi connectivity index (χ3v) is 5.65. The van der Waals surface area contributed by atoms with E-state index in [4.69, 9.17) is 0 Å². The van der Waals surface area contributed by atoms with Gasteiger partial charge < -0.3 is 5.32 Å². The van der Waals surface area contributed by atoms with Gasteiger partial charge in [-0.1, -0.05) is 46.0 Å². The summed E-state index contributed by atoms with van der Waals surface area (Å²) in [5.74, 6) is 4.04. The van der Waals surface area contributed by atoms with Crippen LogP contribution in [0.4, 0.5) is 0 Å². The number of amides is 1. The van der Waals surface area contributed by atoms with Crippen molar-refractivity contribution in [2.24, 2.45) is 23.7 Å². The van der Waals surface area contributed by atoms with Crippen molar-refractivity contribution in [3.05, 3.63) is 0 Å². The molecule has 2 saturated carbocycles. The first-order valence-corrected chi connectivity index (χ1v) is 8.51. The van der Waals surface area contributed by atoms with Gasteiger partial charge in [-0.3, -0.25) is 4.79 Å². The average molecular weight is 265 g/mol. The zero-order chi connectivity index (χ0) is 13.7. The number of hydrogen-bond acceptors (Lipinski definition) is 1. The maximum atomic E-state index is 11.3. The predicted octanol–water partition coefficient (Wildman–Crippen LogP) is 4.15. The van der Waals surface area contributed by atoms with Gasteiger partial charge in [-0.05, 0) is 42.9 Å². The lowest BCUT2D eigenvalue weighted by molar-refractivity contribution is -0.120. The molecule has 0 radical (unpaired) electrons. The standard InChI is InChI=1S/C17H31NO/c1-3-13-8-9-14-6-5-7-15(16(14)12-13)10-11-18-17(19)4-2/h13-16H,3-12H2,1-2H3,(H,18,19). The summed E-state index contributed by atoms with van der Waals surface area (Å²) in [5, 5.41) is 3.06. The second-order valence-electron chi connectivity index (χ2n) is 6.69. The largest absolute Gasteiger partial charge is 0.356 e. The van der Waals surface area contributed by atoms with E-state index in [1.54, 1.807) is 0 Å². The number of hydrogen-bond donors (Lipinski definition) is 1. The summed E-state index contributed by atoms with van der Waals surface area (Å²) in [5.41, 5.74) is 0. The summed E-state index contributed by atoms with van der Waals surface area (Å²) in [6, 6.07) is 0. The van der Waals surface area contributed by atoms with Crippen molar-refractivity contribution in [1.29, 1.82) is 0 Å². The van der Waals surface area contributed by atoms with Gasteiger partial charge in [0.05, 0.1) is 0 Å². The lowest BCUT2D eigenvalue weighted by Gasteiger charge is -2.44. The normalized spacial score (nSPS) is 34.6. The van der Waals surface area contributed by atoms with Gasteiger partial charge in [0.1, 0.15) is 0 Å². The van der Waals surface area contributed by atoms with E-state index in [1.165, 1.54) is 51.4 Å². The van der Waals surface area contributed by atoms with Crippen LogP contribution < -0.4 is 5.32 Å². The molecule has 0 bridgehead atoms. The van der Waals surface area contributed by atoms with Crippen molar-refractivity contribution in [2.75, 3.05) is 6.54 Å². The number of rotatable bonds is 5. The zero-order valence-corrected chi connectivity index (χ0v) is 12.8. The summed E-state index contributed by atoms with van der Waals surface area (Å²) in [4.78, 5) is 11.3. The molecular weight excluding hydrogens is 234 g/mol. The predicted molar refractivity (Wildman–Crippen MR) is 79.9 cm³/mol. The highest BCUT2D eigenvalue weighted by Crippen LogP contribution is 2.47. The highest BCUT2D eigenvalue weighted by atomic mass is 16.1. The Morgan fingerprint density at radius 3 is 2.74 bits per heavy atom. The summed E-state index contributed by atoms with van der Waals surface area (Å²) >= 11 is 0. The lowest BCUT2D eigenvalue weighted by Crippen LogP contribution is -2.36. The Kier molecular flexibility index (Phi) is 5.72. The summed E-state index contributed by atoms with van der Waals surface area (Å²) in [6.07, 6.45) is 11.9. The Balaban J connectivity index is 1.82. The first-order valence-electron chi connectivity index (χ1n) is 8.51. The van der Waals surface area contributed by atoms with Crippen LogP contribution in [0.2, 0.25) is 0 Å². The molecule has 0 aromatic heterocycles. The second kappa shape index (κ2) is 7.31. The topological polar surface area (TPSA) is 29.1 Å². The molecule has 1 N–H and O–H groups in total. The Morgan fingerprint density at radius 1 is 1.16 bits per heavy atom. The van der Waals surface area contributed by atoms with E-state index >= 15 is 0 Å². The Hall–Kier alpha value is -0.530. The van der Waals surface area contributed by atoms with E-state index in [1.807, 2.05) is 6.92 Å². The second-order valence-corrected chi connectivity index (χ2v) is 6.69. The molecule has 1 amide bonds. The van der Waals surface area contributed by atoms with Gasteiger partial charge in [0.2, 0.25) is 5.91 Å². The molecular formula is C17H31NO. The fourth-order valence-electron chi connectivity index (χ4n) is 4.40. The van der Waals surface area contributed by atoms with Crippen molar-refractivity contribution >= 4 is 5.91 Å². The first-order chi connectivity index (χ1) is 9.24. The maximum absolute atomic E-state index is 11.3. The third-order valence-electron chi connectivity index (χ3n) is 5.65. The summed E-state index contributed by atoms with van der Waals surface area (Å²) in [7, 11) is 0. The van der Waals surface area contributed by atoms with Gasteiger partial charge in [0.25, 0.3) is 0 Å². The molecule has 0 aromatic rings. The van der Waals surface area contributed by atoms with Crippen molar-refractivity contribution in [3.63, 3.8) is 0 Å². The first kappa shape index (κ1) is 14.9. The molecule has 4 atom stereocenters. The lowest BCUT2D eigenvalue weighted by atomic mass is 9.62. The van der Waals surface area contributed by atoms with Crippen LogP contribution in [0.1, 0.15) is 71.6 Å². The molecule has 2 fully saturated rings.